The van der Waals surface area contributed by atoms with Crippen molar-refractivity contribution in [2.24, 2.45) is 0 Å². The molecule has 0 saturated carbocycles. The largest absolute Gasteiger partial charge is 0.496 e. The molecule has 0 fully saturated rings. The fraction of sp³-hybridized carbons (Fsp3) is 0.235. The van der Waals surface area contributed by atoms with Gasteiger partial charge in [0.1, 0.15) is 11.5 Å². The number of ether oxygens (including phenoxy) is 2. The summed E-state index contributed by atoms with van der Waals surface area (Å²) in [6.45, 7) is 3.94. The molecule has 0 radical (unpaired) electrons. The number of carbonyl (C=O) groups is 1. The van der Waals surface area contributed by atoms with Crippen molar-refractivity contribution in [3.8, 4) is 11.5 Å². The van der Waals surface area contributed by atoms with Gasteiger partial charge in [-0.1, -0.05) is 12.1 Å². The highest BCUT2D eigenvalue weighted by atomic mass is 16.5. The van der Waals surface area contributed by atoms with Crippen LogP contribution in [0, 0.1) is 0 Å². The average Bonchev–Trinajstić information content (AvgIpc) is 2.48. The third-order valence-electron chi connectivity index (χ3n) is 2.84. The van der Waals surface area contributed by atoms with Crippen LogP contribution in [0.15, 0.2) is 48.5 Å². The van der Waals surface area contributed by atoms with Crippen LogP contribution in [0.4, 0.5) is 5.69 Å². The van der Waals surface area contributed by atoms with Gasteiger partial charge in [-0.15, -0.1) is 0 Å². The molecule has 0 atom stereocenters. The second-order valence-electron chi connectivity index (χ2n) is 4.85. The van der Waals surface area contributed by atoms with E-state index in [2.05, 4.69) is 5.32 Å². The quantitative estimate of drug-likeness (QED) is 0.910. The summed E-state index contributed by atoms with van der Waals surface area (Å²) >= 11 is 0. The second-order valence-corrected chi connectivity index (χ2v) is 4.85. The van der Waals surface area contributed by atoms with Gasteiger partial charge in [0.2, 0.25) is 0 Å². The zero-order valence-electron chi connectivity index (χ0n) is 12.4. The van der Waals surface area contributed by atoms with Crippen LogP contribution in [0.1, 0.15) is 24.2 Å². The molecule has 0 bridgehead atoms. The lowest BCUT2D eigenvalue weighted by molar-refractivity contribution is 0.102. The molecule has 0 aliphatic heterocycles. The molecule has 0 aromatic heterocycles. The van der Waals surface area contributed by atoms with E-state index >= 15 is 0 Å². The van der Waals surface area contributed by atoms with Gasteiger partial charge in [0.15, 0.2) is 0 Å². The molecule has 0 heterocycles. The highest BCUT2D eigenvalue weighted by molar-refractivity contribution is 6.06. The summed E-state index contributed by atoms with van der Waals surface area (Å²) in [5.74, 6) is 1.13. The lowest BCUT2D eigenvalue weighted by atomic mass is 10.2. The van der Waals surface area contributed by atoms with Gasteiger partial charge in [-0.05, 0) is 50.2 Å². The topological polar surface area (TPSA) is 47.6 Å². The van der Waals surface area contributed by atoms with Crippen molar-refractivity contribution in [3.05, 3.63) is 54.1 Å². The van der Waals surface area contributed by atoms with Crippen LogP contribution in [0.5, 0.6) is 11.5 Å². The number of rotatable bonds is 5. The van der Waals surface area contributed by atoms with Crippen molar-refractivity contribution in [1.29, 1.82) is 0 Å². The normalized spacial score (nSPS) is 10.3. The van der Waals surface area contributed by atoms with Gasteiger partial charge < -0.3 is 14.8 Å². The van der Waals surface area contributed by atoms with E-state index in [-0.39, 0.29) is 12.0 Å². The van der Waals surface area contributed by atoms with E-state index in [1.54, 1.807) is 25.3 Å². The van der Waals surface area contributed by atoms with Crippen LogP contribution in [0.25, 0.3) is 0 Å². The Morgan fingerprint density at radius 1 is 1.05 bits per heavy atom. The maximum atomic E-state index is 12.2. The number of para-hydroxylation sites is 1. The number of nitrogens with one attached hydrogen (secondary N) is 1. The second kappa shape index (κ2) is 6.79. The van der Waals surface area contributed by atoms with Crippen LogP contribution >= 0.6 is 0 Å². The van der Waals surface area contributed by atoms with Crippen molar-refractivity contribution in [2.75, 3.05) is 12.4 Å². The van der Waals surface area contributed by atoms with Crippen LogP contribution < -0.4 is 14.8 Å². The molecule has 0 saturated heterocycles. The lowest BCUT2D eigenvalue weighted by Crippen LogP contribution is -2.13. The van der Waals surface area contributed by atoms with Crippen molar-refractivity contribution in [1.82, 2.24) is 0 Å². The first-order valence-electron chi connectivity index (χ1n) is 6.81. The van der Waals surface area contributed by atoms with E-state index in [0.29, 0.717) is 17.0 Å². The van der Waals surface area contributed by atoms with E-state index in [1.807, 2.05) is 44.2 Å². The highest BCUT2D eigenvalue weighted by Gasteiger charge is 2.11. The minimum atomic E-state index is -0.204. The van der Waals surface area contributed by atoms with Crippen LogP contribution in [-0.2, 0) is 0 Å². The smallest absolute Gasteiger partial charge is 0.259 e. The Bertz CT molecular complexity index is 606. The van der Waals surface area contributed by atoms with Crippen molar-refractivity contribution < 1.29 is 14.3 Å². The molecule has 0 unspecified atom stereocenters. The fourth-order valence-electron chi connectivity index (χ4n) is 1.92. The van der Waals surface area contributed by atoms with Crippen molar-refractivity contribution in [2.45, 2.75) is 20.0 Å². The zero-order valence-corrected chi connectivity index (χ0v) is 12.4. The van der Waals surface area contributed by atoms with Crippen LogP contribution in [0.3, 0.4) is 0 Å². The minimum absolute atomic E-state index is 0.124. The minimum Gasteiger partial charge on any atom is -0.496 e. The van der Waals surface area contributed by atoms with E-state index in [4.69, 9.17) is 9.47 Å². The lowest BCUT2D eigenvalue weighted by Gasteiger charge is -2.11. The Kier molecular flexibility index (Phi) is 4.82. The molecule has 1 N–H and O–H groups in total. The molecule has 0 aliphatic carbocycles. The molecule has 110 valence electrons. The summed E-state index contributed by atoms with van der Waals surface area (Å²) in [5.41, 5.74) is 1.21. The molecule has 4 heteroatoms. The van der Waals surface area contributed by atoms with Gasteiger partial charge in [-0.3, -0.25) is 4.79 Å². The molecule has 2 aromatic carbocycles. The summed E-state index contributed by atoms with van der Waals surface area (Å²) < 4.78 is 10.7. The molecule has 4 nitrogen and oxygen atoms in total. The third kappa shape index (κ3) is 3.99. The maximum Gasteiger partial charge on any atom is 0.259 e. The third-order valence-corrected chi connectivity index (χ3v) is 2.84. The number of benzene rings is 2. The van der Waals surface area contributed by atoms with E-state index in [1.165, 1.54) is 0 Å². The van der Waals surface area contributed by atoms with Crippen molar-refractivity contribution in [3.63, 3.8) is 0 Å². The monoisotopic (exact) mass is 285 g/mol. The molecule has 21 heavy (non-hydrogen) atoms. The molecule has 0 aliphatic rings. The number of methoxy groups -OCH3 is 1. The number of anilines is 1. The number of hydrogen-bond donors (Lipinski definition) is 1. The molecule has 1 amide bonds. The van der Waals surface area contributed by atoms with Gasteiger partial charge >= 0.3 is 0 Å². The Morgan fingerprint density at radius 3 is 2.33 bits per heavy atom. The summed E-state index contributed by atoms with van der Waals surface area (Å²) in [6, 6.07) is 14.4. The fourth-order valence-corrected chi connectivity index (χ4v) is 1.92. The van der Waals surface area contributed by atoms with Gasteiger partial charge in [-0.25, -0.2) is 0 Å². The Morgan fingerprint density at radius 2 is 1.71 bits per heavy atom. The van der Waals surface area contributed by atoms with E-state index in [9.17, 15) is 4.79 Å². The molecule has 2 rings (SSSR count). The Hall–Kier alpha value is -2.49. The van der Waals surface area contributed by atoms with E-state index < -0.39 is 0 Å². The van der Waals surface area contributed by atoms with E-state index in [0.717, 1.165) is 5.75 Å². The molecular formula is C17H19NO3. The zero-order chi connectivity index (χ0) is 15.2. The molecule has 0 spiro atoms. The Balaban J connectivity index is 2.09. The Labute approximate surface area is 124 Å². The number of hydrogen-bond acceptors (Lipinski definition) is 3. The maximum absolute atomic E-state index is 12.2. The summed E-state index contributed by atoms with van der Waals surface area (Å²) in [5, 5.41) is 2.84. The van der Waals surface area contributed by atoms with Gasteiger partial charge in [0.05, 0.1) is 18.8 Å². The standard InChI is InChI=1S/C17H19NO3/c1-12(2)21-14-10-8-13(9-11-14)18-17(19)15-6-4-5-7-16(15)20-3/h4-12H,1-3H3,(H,18,19). The summed E-state index contributed by atoms with van der Waals surface area (Å²) in [6.07, 6.45) is 0.124. The average molecular weight is 285 g/mol. The first kappa shape index (κ1) is 14.9. The number of amides is 1. The highest BCUT2D eigenvalue weighted by Crippen LogP contribution is 2.21. The first-order valence-corrected chi connectivity index (χ1v) is 6.81. The van der Waals surface area contributed by atoms with Crippen LogP contribution in [-0.4, -0.2) is 19.1 Å². The van der Waals surface area contributed by atoms with Gasteiger partial charge in [0, 0.05) is 5.69 Å². The van der Waals surface area contributed by atoms with Crippen LogP contribution in [0.2, 0.25) is 0 Å². The first-order chi connectivity index (χ1) is 10.1. The van der Waals surface area contributed by atoms with Gasteiger partial charge in [0.25, 0.3) is 5.91 Å². The SMILES string of the molecule is COc1ccccc1C(=O)Nc1ccc(OC(C)C)cc1. The summed E-state index contributed by atoms with van der Waals surface area (Å²) in [4.78, 5) is 12.2. The number of carbonyl (C=O) groups excluding carboxylic acids is 1. The van der Waals surface area contributed by atoms with Gasteiger partial charge in [-0.2, -0.15) is 0 Å². The predicted octanol–water partition coefficient (Wildman–Crippen LogP) is 3.73. The summed E-state index contributed by atoms with van der Waals surface area (Å²) in [7, 11) is 1.55. The van der Waals surface area contributed by atoms with Crippen molar-refractivity contribution >= 4 is 11.6 Å². The predicted molar refractivity (Wildman–Crippen MR) is 83.2 cm³/mol. The molecular weight excluding hydrogens is 266 g/mol. The molecule has 2 aromatic rings.